The lowest BCUT2D eigenvalue weighted by Gasteiger charge is -2.19. The van der Waals surface area contributed by atoms with Crippen molar-refractivity contribution in [2.45, 2.75) is 27.2 Å². The summed E-state index contributed by atoms with van der Waals surface area (Å²) in [5.41, 5.74) is 4.54. The maximum atomic E-state index is 12.9. The van der Waals surface area contributed by atoms with Gasteiger partial charge in [0.2, 0.25) is 5.78 Å². The van der Waals surface area contributed by atoms with Crippen LogP contribution in [0.15, 0.2) is 41.6 Å². The fourth-order valence-corrected chi connectivity index (χ4v) is 3.03. The summed E-state index contributed by atoms with van der Waals surface area (Å²) >= 11 is 0. The predicted octanol–water partition coefficient (Wildman–Crippen LogP) is 3.65. The van der Waals surface area contributed by atoms with Crippen LogP contribution in [-0.4, -0.2) is 23.7 Å². The first-order valence-electron chi connectivity index (χ1n) is 7.81. The Kier molecular flexibility index (Phi) is 4.06. The molecule has 1 aliphatic carbocycles. The Balaban J connectivity index is 2.05. The molecule has 0 radical (unpaired) electrons. The van der Waals surface area contributed by atoms with Crippen LogP contribution in [0.3, 0.4) is 0 Å². The average molecular weight is 321 g/mol. The number of fused-ring (bicyclic) bond motifs is 1. The molecule has 0 unspecified atom stereocenters. The molecule has 4 nitrogen and oxygen atoms in total. The molecule has 1 heterocycles. The van der Waals surface area contributed by atoms with Gasteiger partial charge in [0.25, 0.3) is 0 Å². The van der Waals surface area contributed by atoms with Gasteiger partial charge < -0.3 is 4.74 Å². The maximum absolute atomic E-state index is 12.9. The molecule has 1 aromatic carbocycles. The van der Waals surface area contributed by atoms with Crippen molar-refractivity contribution in [3.63, 3.8) is 0 Å². The molecular formula is C20H19NO3. The first kappa shape index (κ1) is 16.1. The van der Waals surface area contributed by atoms with E-state index in [0.717, 1.165) is 22.4 Å². The number of ether oxygens (including phenoxy) is 1. The van der Waals surface area contributed by atoms with Gasteiger partial charge in [-0.25, -0.2) is 0 Å². The normalized spacial score (nSPS) is 14.0. The number of benzene rings is 1. The molecule has 0 fully saturated rings. The highest BCUT2D eigenvalue weighted by atomic mass is 16.5. The van der Waals surface area contributed by atoms with Crippen molar-refractivity contribution in [1.82, 2.24) is 4.98 Å². The van der Waals surface area contributed by atoms with E-state index in [0.29, 0.717) is 23.1 Å². The predicted molar refractivity (Wildman–Crippen MR) is 91.8 cm³/mol. The molecular weight excluding hydrogens is 302 g/mol. The molecule has 1 aliphatic rings. The lowest BCUT2D eigenvalue weighted by atomic mass is 9.84. The summed E-state index contributed by atoms with van der Waals surface area (Å²) in [6, 6.07) is 7.58. The molecule has 0 aliphatic heterocycles. The van der Waals surface area contributed by atoms with Gasteiger partial charge in [0.1, 0.15) is 11.4 Å². The number of aromatic nitrogens is 1. The van der Waals surface area contributed by atoms with Crippen LogP contribution in [-0.2, 0) is 6.42 Å². The summed E-state index contributed by atoms with van der Waals surface area (Å²) in [7, 11) is 1.61. The highest BCUT2D eigenvalue weighted by molar-refractivity contribution is 6.26. The zero-order chi connectivity index (χ0) is 17.4. The number of hydrogen-bond acceptors (Lipinski definition) is 4. The summed E-state index contributed by atoms with van der Waals surface area (Å²) < 4.78 is 5.29. The van der Waals surface area contributed by atoms with Gasteiger partial charge in [0, 0.05) is 23.8 Å². The first-order valence-corrected chi connectivity index (χ1v) is 7.81. The van der Waals surface area contributed by atoms with E-state index in [-0.39, 0.29) is 17.3 Å². The van der Waals surface area contributed by atoms with Crippen LogP contribution in [0.5, 0.6) is 5.75 Å². The van der Waals surface area contributed by atoms with Crippen molar-refractivity contribution in [3.05, 3.63) is 69.6 Å². The van der Waals surface area contributed by atoms with E-state index in [1.165, 1.54) is 0 Å². The molecule has 2 aromatic rings. The van der Waals surface area contributed by atoms with Crippen LogP contribution < -0.4 is 4.74 Å². The summed E-state index contributed by atoms with van der Waals surface area (Å²) in [6.45, 7) is 5.54. The third kappa shape index (κ3) is 2.75. The van der Waals surface area contributed by atoms with E-state index in [9.17, 15) is 9.59 Å². The number of carbonyl (C=O) groups is 2. The van der Waals surface area contributed by atoms with E-state index >= 15 is 0 Å². The number of methoxy groups -OCH3 is 1. The average Bonchev–Trinajstić information content (AvgIpc) is 2.56. The van der Waals surface area contributed by atoms with Crippen LogP contribution in [0.4, 0.5) is 0 Å². The Morgan fingerprint density at radius 3 is 2.42 bits per heavy atom. The SMILES string of the molecule is COc1cc(C)cc(CC2=C(C)C(=O)c3ncc(C)cc3C2=O)c1. The standard InChI is InChI=1S/C20H19NO3/c1-11-5-14(8-15(6-11)24-4)9-16-13(3)19(22)18-17(20(16)23)7-12(2)10-21-18/h5-8,10H,9H2,1-4H3. The van der Waals surface area contributed by atoms with Crippen molar-refractivity contribution in [2.75, 3.05) is 7.11 Å². The zero-order valence-electron chi connectivity index (χ0n) is 14.3. The molecule has 0 saturated carbocycles. The number of nitrogens with zero attached hydrogens (tertiary/aromatic N) is 1. The van der Waals surface area contributed by atoms with E-state index in [2.05, 4.69) is 4.98 Å². The Labute approximate surface area is 141 Å². The van der Waals surface area contributed by atoms with Gasteiger partial charge in [0.05, 0.1) is 12.7 Å². The number of hydrogen-bond donors (Lipinski definition) is 0. The van der Waals surface area contributed by atoms with Crippen LogP contribution in [0.2, 0.25) is 0 Å². The Morgan fingerprint density at radius 1 is 0.958 bits per heavy atom. The van der Waals surface area contributed by atoms with Gasteiger partial charge in [-0.3, -0.25) is 14.6 Å². The minimum atomic E-state index is -0.167. The summed E-state index contributed by atoms with van der Waals surface area (Å²) in [5, 5.41) is 0. The topological polar surface area (TPSA) is 56.3 Å². The third-order valence-corrected chi connectivity index (χ3v) is 4.28. The molecule has 0 spiro atoms. The van der Waals surface area contributed by atoms with Crippen molar-refractivity contribution in [2.24, 2.45) is 0 Å². The van der Waals surface area contributed by atoms with Crippen molar-refractivity contribution >= 4 is 11.6 Å². The van der Waals surface area contributed by atoms with Gasteiger partial charge in [-0.1, -0.05) is 6.07 Å². The second-order valence-electron chi connectivity index (χ2n) is 6.21. The van der Waals surface area contributed by atoms with Gasteiger partial charge in [-0.05, 0) is 55.7 Å². The van der Waals surface area contributed by atoms with Gasteiger partial charge >= 0.3 is 0 Å². The van der Waals surface area contributed by atoms with E-state index < -0.39 is 0 Å². The second kappa shape index (κ2) is 6.04. The quantitative estimate of drug-likeness (QED) is 0.866. The molecule has 0 bridgehead atoms. The molecule has 0 atom stereocenters. The number of Topliss-reactive ketones (excluding diaryl/α,β-unsaturated/α-hetero) is 2. The summed E-state index contributed by atoms with van der Waals surface area (Å²) in [6.07, 6.45) is 2.02. The molecule has 3 rings (SSSR count). The lowest BCUT2D eigenvalue weighted by Crippen LogP contribution is -2.23. The number of aryl methyl sites for hydroxylation is 2. The lowest BCUT2D eigenvalue weighted by molar-refractivity contribution is 0.0969. The molecule has 122 valence electrons. The largest absolute Gasteiger partial charge is 0.497 e. The fourth-order valence-electron chi connectivity index (χ4n) is 3.03. The van der Waals surface area contributed by atoms with E-state index in [1.54, 1.807) is 26.3 Å². The van der Waals surface area contributed by atoms with Crippen LogP contribution in [0.25, 0.3) is 0 Å². The number of pyridine rings is 1. The first-order chi connectivity index (χ1) is 11.4. The Morgan fingerprint density at radius 2 is 1.71 bits per heavy atom. The maximum Gasteiger partial charge on any atom is 0.208 e. The van der Waals surface area contributed by atoms with Crippen molar-refractivity contribution in [1.29, 1.82) is 0 Å². The molecule has 24 heavy (non-hydrogen) atoms. The van der Waals surface area contributed by atoms with Crippen LogP contribution >= 0.6 is 0 Å². The molecule has 4 heteroatoms. The number of ketones is 2. The fraction of sp³-hybridized carbons (Fsp3) is 0.250. The minimum Gasteiger partial charge on any atom is -0.497 e. The van der Waals surface area contributed by atoms with Crippen LogP contribution in [0.1, 0.15) is 44.5 Å². The summed E-state index contributed by atoms with van der Waals surface area (Å²) in [4.78, 5) is 29.6. The highest BCUT2D eigenvalue weighted by Gasteiger charge is 2.31. The molecule has 0 saturated heterocycles. The van der Waals surface area contributed by atoms with E-state index in [1.807, 2.05) is 32.0 Å². The Bertz CT molecular complexity index is 894. The van der Waals surface area contributed by atoms with Gasteiger partial charge in [-0.15, -0.1) is 0 Å². The number of allylic oxidation sites excluding steroid dienone is 2. The van der Waals surface area contributed by atoms with Crippen molar-refractivity contribution in [3.8, 4) is 5.75 Å². The van der Waals surface area contributed by atoms with Gasteiger partial charge in [-0.2, -0.15) is 0 Å². The summed E-state index contributed by atoms with van der Waals surface area (Å²) in [5.74, 6) is 0.466. The molecule has 0 amide bonds. The second-order valence-corrected chi connectivity index (χ2v) is 6.21. The monoisotopic (exact) mass is 321 g/mol. The van der Waals surface area contributed by atoms with E-state index in [4.69, 9.17) is 4.74 Å². The van der Waals surface area contributed by atoms with Crippen molar-refractivity contribution < 1.29 is 14.3 Å². The minimum absolute atomic E-state index is 0.112. The molecule has 0 N–H and O–H groups in total. The zero-order valence-corrected chi connectivity index (χ0v) is 14.3. The molecule has 1 aromatic heterocycles. The number of carbonyl (C=O) groups excluding carboxylic acids is 2. The number of rotatable bonds is 3. The Hall–Kier alpha value is -2.75. The third-order valence-electron chi connectivity index (χ3n) is 4.28. The highest BCUT2D eigenvalue weighted by Crippen LogP contribution is 2.29. The smallest absolute Gasteiger partial charge is 0.208 e. The van der Waals surface area contributed by atoms with Gasteiger partial charge in [0.15, 0.2) is 5.78 Å². The van der Waals surface area contributed by atoms with Crippen LogP contribution in [0, 0.1) is 13.8 Å².